The van der Waals surface area contributed by atoms with E-state index in [9.17, 15) is 4.39 Å². The molecule has 0 rings (SSSR count). The lowest BCUT2D eigenvalue weighted by Crippen LogP contribution is -2.22. The first-order valence-corrected chi connectivity index (χ1v) is 2.37. The third-order valence-corrected chi connectivity index (χ3v) is 0.808. The second kappa shape index (κ2) is 2.79. The van der Waals surface area contributed by atoms with Crippen LogP contribution in [0.25, 0.3) is 0 Å². The van der Waals surface area contributed by atoms with Gasteiger partial charge in [0, 0.05) is 6.42 Å². The van der Waals surface area contributed by atoms with E-state index < -0.39 is 5.85 Å². The molecule has 0 heterocycles. The summed E-state index contributed by atoms with van der Waals surface area (Å²) in [7, 11) is 0. The van der Waals surface area contributed by atoms with Crippen LogP contribution in [0, 0.1) is 0 Å². The molecule has 0 radical (unpaired) electrons. The molecule has 0 aromatic rings. The van der Waals surface area contributed by atoms with Crippen LogP contribution in [0.4, 0.5) is 4.39 Å². The molecule has 0 saturated heterocycles. The van der Waals surface area contributed by atoms with Gasteiger partial charge in [-0.25, -0.2) is 4.39 Å². The third-order valence-electron chi connectivity index (χ3n) is 0.808. The Balaban J connectivity index is 3.53. The fraction of sp³-hybridized carbons (Fsp3) is 0.600. The smallest absolute Gasteiger partial charge is 0.226 e. The summed E-state index contributed by atoms with van der Waals surface area (Å²) in [6.07, 6.45) is 0.746. The van der Waals surface area contributed by atoms with E-state index in [-0.39, 0.29) is 13.0 Å². The summed E-state index contributed by atoms with van der Waals surface area (Å²) in [4.78, 5) is 0. The predicted molar refractivity (Wildman–Crippen MR) is 29.9 cm³/mol. The van der Waals surface area contributed by atoms with Crippen LogP contribution in [0.5, 0.6) is 0 Å². The zero-order valence-electron chi connectivity index (χ0n) is 4.60. The predicted octanol–water partition coefficient (Wildman–Crippen LogP) is 0.179. The number of alkyl halides is 1. The van der Waals surface area contributed by atoms with Gasteiger partial charge in [-0.2, -0.15) is 0 Å². The Labute approximate surface area is 47.8 Å². The van der Waals surface area contributed by atoms with Gasteiger partial charge in [-0.1, -0.05) is 6.58 Å². The summed E-state index contributed by atoms with van der Waals surface area (Å²) in [5, 5.41) is 8.46. The zero-order valence-corrected chi connectivity index (χ0v) is 4.60. The topological polar surface area (TPSA) is 46.2 Å². The number of rotatable bonds is 3. The van der Waals surface area contributed by atoms with Crippen LogP contribution >= 0.6 is 0 Å². The second-order valence-electron chi connectivity index (χ2n) is 1.56. The molecule has 0 aliphatic rings. The van der Waals surface area contributed by atoms with Crippen molar-refractivity contribution in [3.8, 4) is 0 Å². The lowest BCUT2D eigenvalue weighted by molar-refractivity contribution is -0.0452. The molecular formula is C5H10FNO. The minimum absolute atomic E-state index is 0.0868. The van der Waals surface area contributed by atoms with Crippen LogP contribution in [-0.2, 0) is 0 Å². The SMILES string of the molecule is C=CC(O)(F)CCN. The maximum Gasteiger partial charge on any atom is 0.226 e. The van der Waals surface area contributed by atoms with E-state index in [1.807, 2.05) is 0 Å². The van der Waals surface area contributed by atoms with E-state index in [1.165, 1.54) is 0 Å². The van der Waals surface area contributed by atoms with Crippen molar-refractivity contribution in [2.75, 3.05) is 6.54 Å². The highest BCUT2D eigenvalue weighted by molar-refractivity contribution is 4.85. The fourth-order valence-corrected chi connectivity index (χ4v) is 0.304. The number of halogens is 1. The Hall–Kier alpha value is -0.410. The first-order valence-electron chi connectivity index (χ1n) is 2.37. The summed E-state index contributed by atoms with van der Waals surface area (Å²) < 4.78 is 12.2. The fourth-order valence-electron chi connectivity index (χ4n) is 0.304. The van der Waals surface area contributed by atoms with Crippen molar-refractivity contribution in [3.63, 3.8) is 0 Å². The van der Waals surface area contributed by atoms with Crippen LogP contribution in [0.1, 0.15) is 6.42 Å². The van der Waals surface area contributed by atoms with Crippen molar-refractivity contribution in [2.45, 2.75) is 12.3 Å². The highest BCUT2D eigenvalue weighted by Crippen LogP contribution is 2.10. The van der Waals surface area contributed by atoms with Crippen LogP contribution < -0.4 is 5.73 Å². The minimum atomic E-state index is -2.27. The van der Waals surface area contributed by atoms with E-state index in [0.717, 1.165) is 6.08 Å². The minimum Gasteiger partial charge on any atom is -0.359 e. The number of aliphatic hydroxyl groups is 1. The molecule has 0 fully saturated rings. The molecular weight excluding hydrogens is 109 g/mol. The van der Waals surface area contributed by atoms with Gasteiger partial charge in [0.1, 0.15) is 0 Å². The van der Waals surface area contributed by atoms with Crippen LogP contribution in [0.15, 0.2) is 12.7 Å². The van der Waals surface area contributed by atoms with Gasteiger partial charge >= 0.3 is 0 Å². The highest BCUT2D eigenvalue weighted by Gasteiger charge is 2.18. The zero-order chi connectivity index (χ0) is 6.62. The maximum atomic E-state index is 12.2. The lowest BCUT2D eigenvalue weighted by Gasteiger charge is -2.10. The number of hydrogen-bond donors (Lipinski definition) is 2. The normalized spacial score (nSPS) is 17.4. The van der Waals surface area contributed by atoms with Crippen LogP contribution in [-0.4, -0.2) is 17.5 Å². The van der Waals surface area contributed by atoms with Crippen molar-refractivity contribution < 1.29 is 9.50 Å². The van der Waals surface area contributed by atoms with Gasteiger partial charge in [-0.15, -0.1) is 0 Å². The van der Waals surface area contributed by atoms with Crippen LogP contribution in [0.3, 0.4) is 0 Å². The van der Waals surface area contributed by atoms with Gasteiger partial charge in [0.05, 0.1) is 0 Å². The molecule has 2 nitrogen and oxygen atoms in total. The summed E-state index contributed by atoms with van der Waals surface area (Å²) in [6, 6.07) is 0. The van der Waals surface area contributed by atoms with Crippen molar-refractivity contribution in [2.24, 2.45) is 5.73 Å². The Morgan fingerprint density at radius 1 is 1.88 bits per heavy atom. The maximum absolute atomic E-state index is 12.2. The molecule has 0 aliphatic carbocycles. The molecule has 1 atom stereocenters. The molecule has 0 amide bonds. The summed E-state index contributed by atoms with van der Waals surface area (Å²) in [5.41, 5.74) is 4.94. The van der Waals surface area contributed by atoms with Gasteiger partial charge in [-0.05, 0) is 12.6 Å². The second-order valence-corrected chi connectivity index (χ2v) is 1.56. The van der Waals surface area contributed by atoms with E-state index in [1.54, 1.807) is 0 Å². The Bertz CT molecular complexity index is 82.5. The van der Waals surface area contributed by atoms with Gasteiger partial charge < -0.3 is 10.8 Å². The van der Waals surface area contributed by atoms with Crippen molar-refractivity contribution in [3.05, 3.63) is 12.7 Å². The highest BCUT2D eigenvalue weighted by atomic mass is 19.2. The summed E-state index contributed by atoms with van der Waals surface area (Å²) >= 11 is 0. The van der Waals surface area contributed by atoms with Gasteiger partial charge in [0.2, 0.25) is 5.85 Å². The van der Waals surface area contributed by atoms with E-state index in [4.69, 9.17) is 10.8 Å². The average molecular weight is 119 g/mol. The summed E-state index contributed by atoms with van der Waals surface area (Å²) in [6.45, 7) is 3.19. The molecule has 0 aliphatic heterocycles. The van der Waals surface area contributed by atoms with Gasteiger partial charge in [-0.3, -0.25) is 0 Å². The molecule has 8 heavy (non-hydrogen) atoms. The van der Waals surface area contributed by atoms with E-state index in [0.29, 0.717) is 0 Å². The Morgan fingerprint density at radius 3 is 2.50 bits per heavy atom. The molecule has 3 N–H and O–H groups in total. The molecule has 0 bridgehead atoms. The Morgan fingerprint density at radius 2 is 2.38 bits per heavy atom. The largest absolute Gasteiger partial charge is 0.359 e. The number of hydrogen-bond acceptors (Lipinski definition) is 2. The monoisotopic (exact) mass is 119 g/mol. The first kappa shape index (κ1) is 7.59. The molecule has 1 unspecified atom stereocenters. The van der Waals surface area contributed by atoms with Crippen molar-refractivity contribution >= 4 is 0 Å². The third kappa shape index (κ3) is 2.71. The molecule has 0 spiro atoms. The first-order chi connectivity index (χ1) is 3.62. The van der Waals surface area contributed by atoms with Crippen molar-refractivity contribution in [1.29, 1.82) is 0 Å². The molecule has 0 aromatic heterocycles. The van der Waals surface area contributed by atoms with E-state index >= 15 is 0 Å². The standard InChI is InChI=1S/C5H10FNO/c1-2-5(6,8)3-4-7/h2,8H,1,3-4,7H2. The lowest BCUT2D eigenvalue weighted by atomic mass is 10.2. The molecule has 0 aromatic carbocycles. The molecule has 48 valence electrons. The average Bonchev–Trinajstić information content (AvgIpc) is 1.67. The van der Waals surface area contributed by atoms with Crippen molar-refractivity contribution in [1.82, 2.24) is 0 Å². The van der Waals surface area contributed by atoms with Gasteiger partial charge in [0.15, 0.2) is 0 Å². The summed E-state index contributed by atoms with van der Waals surface area (Å²) in [5.74, 6) is -2.27. The van der Waals surface area contributed by atoms with E-state index in [2.05, 4.69) is 6.58 Å². The van der Waals surface area contributed by atoms with Gasteiger partial charge in [0.25, 0.3) is 0 Å². The van der Waals surface area contributed by atoms with Crippen LogP contribution in [0.2, 0.25) is 0 Å². The Kier molecular flexibility index (Phi) is 2.65. The molecule has 0 saturated carbocycles. The number of nitrogens with two attached hydrogens (primary N) is 1. The quantitative estimate of drug-likeness (QED) is 0.520. The molecule has 3 heteroatoms.